The Bertz CT molecular complexity index is 824. The number of rotatable bonds is 5. The van der Waals surface area contributed by atoms with Crippen LogP contribution in [-0.4, -0.2) is 25.5 Å². The Labute approximate surface area is 161 Å². The number of halogens is 2. The molecule has 136 valence electrons. The van der Waals surface area contributed by atoms with E-state index in [4.69, 9.17) is 27.9 Å². The zero-order valence-electron chi connectivity index (χ0n) is 14.1. The summed E-state index contributed by atoms with van der Waals surface area (Å²) < 4.78 is 5.45. The third-order valence-electron chi connectivity index (χ3n) is 4.34. The van der Waals surface area contributed by atoms with Crippen molar-refractivity contribution >= 4 is 35.0 Å². The fourth-order valence-electron chi connectivity index (χ4n) is 2.97. The number of ether oxygens (including phenoxy) is 1. The van der Waals surface area contributed by atoms with Gasteiger partial charge in [-0.05, 0) is 29.8 Å². The van der Waals surface area contributed by atoms with Gasteiger partial charge in [0, 0.05) is 28.6 Å². The van der Waals surface area contributed by atoms with Crippen molar-refractivity contribution in [3.8, 4) is 5.75 Å². The highest BCUT2D eigenvalue weighted by Crippen LogP contribution is 2.33. The molecule has 1 aliphatic rings. The van der Waals surface area contributed by atoms with Gasteiger partial charge < -0.3 is 15.4 Å². The second kappa shape index (κ2) is 7.98. The van der Waals surface area contributed by atoms with E-state index >= 15 is 0 Å². The van der Waals surface area contributed by atoms with Crippen molar-refractivity contribution in [2.45, 2.75) is 12.5 Å². The number of hydrogen-bond acceptors (Lipinski definition) is 3. The van der Waals surface area contributed by atoms with E-state index in [1.807, 2.05) is 18.2 Å². The summed E-state index contributed by atoms with van der Waals surface area (Å²) in [6.45, 7) is 0.343. The van der Waals surface area contributed by atoms with Crippen LogP contribution >= 0.6 is 23.2 Å². The van der Waals surface area contributed by atoms with Crippen LogP contribution < -0.4 is 15.4 Å². The second-order valence-electron chi connectivity index (χ2n) is 6.08. The van der Waals surface area contributed by atoms with Gasteiger partial charge in [-0.25, -0.2) is 0 Å². The van der Waals surface area contributed by atoms with Crippen LogP contribution in [0.5, 0.6) is 5.75 Å². The molecule has 2 atom stereocenters. The SMILES string of the molecule is COc1cc(Cl)ccc1C(NC(=O)C1CNC(=O)C1)c1ccc(Cl)cc1. The Balaban J connectivity index is 1.95. The molecule has 0 saturated carbocycles. The third-order valence-corrected chi connectivity index (χ3v) is 4.83. The van der Waals surface area contributed by atoms with Crippen molar-refractivity contribution in [1.82, 2.24) is 10.6 Å². The van der Waals surface area contributed by atoms with Gasteiger partial charge in [-0.2, -0.15) is 0 Å². The molecular weight excluding hydrogens is 375 g/mol. The predicted octanol–water partition coefficient (Wildman–Crippen LogP) is 3.34. The summed E-state index contributed by atoms with van der Waals surface area (Å²) in [5.74, 6) is -0.133. The van der Waals surface area contributed by atoms with Gasteiger partial charge in [0.05, 0.1) is 19.1 Å². The second-order valence-corrected chi connectivity index (χ2v) is 6.96. The molecule has 0 bridgehead atoms. The molecule has 2 amide bonds. The van der Waals surface area contributed by atoms with Gasteiger partial charge in [0.25, 0.3) is 0 Å². The summed E-state index contributed by atoms with van der Waals surface area (Å²) in [6.07, 6.45) is 0.191. The van der Waals surface area contributed by atoms with Gasteiger partial charge in [0.15, 0.2) is 0 Å². The first-order valence-corrected chi connectivity index (χ1v) is 8.89. The summed E-state index contributed by atoms with van der Waals surface area (Å²) in [4.78, 5) is 24.1. The zero-order chi connectivity index (χ0) is 18.7. The monoisotopic (exact) mass is 392 g/mol. The van der Waals surface area contributed by atoms with Gasteiger partial charge >= 0.3 is 0 Å². The molecule has 2 unspecified atom stereocenters. The van der Waals surface area contributed by atoms with Crippen molar-refractivity contribution in [3.05, 3.63) is 63.6 Å². The zero-order valence-corrected chi connectivity index (χ0v) is 15.6. The molecule has 1 heterocycles. The molecule has 5 nitrogen and oxygen atoms in total. The van der Waals surface area contributed by atoms with Crippen LogP contribution in [0, 0.1) is 5.92 Å². The van der Waals surface area contributed by atoms with E-state index in [0.717, 1.165) is 11.1 Å². The molecule has 1 saturated heterocycles. The van der Waals surface area contributed by atoms with Crippen LogP contribution in [0.15, 0.2) is 42.5 Å². The van der Waals surface area contributed by atoms with Crippen LogP contribution in [0.2, 0.25) is 10.0 Å². The van der Waals surface area contributed by atoms with Crippen LogP contribution in [0.25, 0.3) is 0 Å². The lowest BCUT2D eigenvalue weighted by atomic mass is 9.96. The van der Waals surface area contributed by atoms with Crippen LogP contribution in [-0.2, 0) is 9.59 Å². The van der Waals surface area contributed by atoms with E-state index in [0.29, 0.717) is 22.3 Å². The first-order chi connectivity index (χ1) is 12.5. The molecule has 1 fully saturated rings. The first kappa shape index (κ1) is 18.5. The topological polar surface area (TPSA) is 67.4 Å². The first-order valence-electron chi connectivity index (χ1n) is 8.14. The van der Waals surface area contributed by atoms with Crippen molar-refractivity contribution in [1.29, 1.82) is 0 Å². The van der Waals surface area contributed by atoms with Gasteiger partial charge in [0.1, 0.15) is 5.75 Å². The lowest BCUT2D eigenvalue weighted by molar-refractivity contribution is -0.126. The quantitative estimate of drug-likeness (QED) is 0.819. The molecule has 2 aromatic rings. The van der Waals surface area contributed by atoms with Crippen molar-refractivity contribution in [2.75, 3.05) is 13.7 Å². The highest BCUT2D eigenvalue weighted by Gasteiger charge is 2.30. The Kier molecular flexibility index (Phi) is 5.69. The minimum absolute atomic E-state index is 0.114. The molecular formula is C19H18Cl2N2O3. The minimum atomic E-state index is -0.456. The summed E-state index contributed by atoms with van der Waals surface area (Å²) >= 11 is 12.1. The Morgan fingerprint density at radius 2 is 1.88 bits per heavy atom. The van der Waals surface area contributed by atoms with E-state index in [-0.39, 0.29) is 18.2 Å². The maximum absolute atomic E-state index is 12.7. The normalized spacial score (nSPS) is 17.5. The summed E-state index contributed by atoms with van der Waals surface area (Å²) in [6, 6.07) is 12.0. The molecule has 0 aromatic heterocycles. The van der Waals surface area contributed by atoms with E-state index in [2.05, 4.69) is 10.6 Å². The molecule has 2 aromatic carbocycles. The predicted molar refractivity (Wildman–Crippen MR) is 101 cm³/mol. The minimum Gasteiger partial charge on any atom is -0.496 e. The van der Waals surface area contributed by atoms with E-state index in [9.17, 15) is 9.59 Å². The molecule has 7 heteroatoms. The molecule has 1 aliphatic heterocycles. The highest BCUT2D eigenvalue weighted by molar-refractivity contribution is 6.31. The number of benzene rings is 2. The molecule has 0 spiro atoms. The number of methoxy groups -OCH3 is 1. The molecule has 2 N–H and O–H groups in total. The largest absolute Gasteiger partial charge is 0.496 e. The summed E-state index contributed by atoms with van der Waals surface area (Å²) in [5, 5.41) is 6.85. The van der Waals surface area contributed by atoms with E-state index < -0.39 is 12.0 Å². The Morgan fingerprint density at radius 1 is 1.19 bits per heavy atom. The molecule has 0 aliphatic carbocycles. The average Bonchev–Trinajstić information content (AvgIpc) is 3.07. The van der Waals surface area contributed by atoms with Gasteiger partial charge in [-0.15, -0.1) is 0 Å². The fraction of sp³-hybridized carbons (Fsp3) is 0.263. The highest BCUT2D eigenvalue weighted by atomic mass is 35.5. The maximum Gasteiger partial charge on any atom is 0.226 e. The number of carbonyl (C=O) groups is 2. The third kappa shape index (κ3) is 4.11. The summed E-state index contributed by atoms with van der Waals surface area (Å²) in [5.41, 5.74) is 1.62. The molecule has 3 rings (SSSR count). The summed E-state index contributed by atoms with van der Waals surface area (Å²) in [7, 11) is 1.55. The van der Waals surface area contributed by atoms with E-state index in [1.165, 1.54) is 0 Å². The molecule has 0 radical (unpaired) electrons. The number of hydrogen-bond donors (Lipinski definition) is 2. The Hall–Kier alpha value is -2.24. The smallest absolute Gasteiger partial charge is 0.226 e. The van der Waals surface area contributed by atoms with Crippen LogP contribution in [0.1, 0.15) is 23.6 Å². The van der Waals surface area contributed by atoms with Crippen LogP contribution in [0.4, 0.5) is 0 Å². The number of amides is 2. The van der Waals surface area contributed by atoms with Crippen molar-refractivity contribution < 1.29 is 14.3 Å². The number of carbonyl (C=O) groups excluding carboxylic acids is 2. The number of nitrogens with one attached hydrogen (secondary N) is 2. The lowest BCUT2D eigenvalue weighted by Crippen LogP contribution is -2.35. The van der Waals surface area contributed by atoms with Gasteiger partial charge in [0.2, 0.25) is 11.8 Å². The fourth-order valence-corrected chi connectivity index (χ4v) is 3.26. The van der Waals surface area contributed by atoms with Crippen molar-refractivity contribution in [2.24, 2.45) is 5.92 Å². The lowest BCUT2D eigenvalue weighted by Gasteiger charge is -2.23. The maximum atomic E-state index is 12.7. The standard InChI is InChI=1S/C19H18Cl2N2O3/c1-26-16-9-14(21)6-7-15(16)18(11-2-4-13(20)5-3-11)23-19(25)12-8-17(24)22-10-12/h2-7,9,12,18H,8,10H2,1H3,(H,22,24)(H,23,25). The molecule has 26 heavy (non-hydrogen) atoms. The average molecular weight is 393 g/mol. The van der Waals surface area contributed by atoms with Gasteiger partial charge in [-0.3, -0.25) is 9.59 Å². The van der Waals surface area contributed by atoms with Crippen LogP contribution in [0.3, 0.4) is 0 Å². The van der Waals surface area contributed by atoms with Gasteiger partial charge in [-0.1, -0.05) is 41.4 Å². The van der Waals surface area contributed by atoms with E-state index in [1.54, 1.807) is 31.4 Å². The Morgan fingerprint density at radius 3 is 2.50 bits per heavy atom. The van der Waals surface area contributed by atoms with Crippen molar-refractivity contribution in [3.63, 3.8) is 0 Å².